The van der Waals surface area contributed by atoms with E-state index < -0.39 is 11.9 Å². The Morgan fingerprint density at radius 1 is 1.28 bits per heavy atom. The Morgan fingerprint density at radius 3 is 2.64 bits per heavy atom. The van der Waals surface area contributed by atoms with Crippen molar-refractivity contribution < 1.29 is 14.7 Å². The predicted octanol–water partition coefficient (Wildman–Crippen LogP) is 2.18. The first-order valence-electron chi connectivity index (χ1n) is 8.46. The highest BCUT2D eigenvalue weighted by atomic mass is 16.4. The molecule has 1 aromatic heterocycles. The predicted molar refractivity (Wildman–Crippen MR) is 93.2 cm³/mol. The first-order valence-corrected chi connectivity index (χ1v) is 8.46. The fourth-order valence-electron chi connectivity index (χ4n) is 3.58. The molecule has 0 fully saturated rings. The molecule has 25 heavy (non-hydrogen) atoms. The van der Waals surface area contributed by atoms with Crippen LogP contribution in [0.3, 0.4) is 0 Å². The van der Waals surface area contributed by atoms with Crippen LogP contribution in [0.5, 0.6) is 0 Å². The fraction of sp³-hybridized carbons (Fsp3) is 0.421. The molecule has 3 rings (SSSR count). The number of aromatic nitrogens is 2. The quantitative estimate of drug-likeness (QED) is 0.925. The Morgan fingerprint density at radius 2 is 2.00 bits per heavy atom. The monoisotopic (exact) mass is 341 g/mol. The number of carboxylic acids is 1. The van der Waals surface area contributed by atoms with Gasteiger partial charge in [-0.3, -0.25) is 14.3 Å². The molecule has 0 saturated heterocycles. The van der Waals surface area contributed by atoms with E-state index in [0.29, 0.717) is 19.4 Å². The lowest BCUT2D eigenvalue weighted by molar-refractivity contribution is -0.141. The van der Waals surface area contributed by atoms with E-state index >= 15 is 0 Å². The van der Waals surface area contributed by atoms with Crippen LogP contribution in [0, 0.1) is 13.8 Å². The molecule has 0 radical (unpaired) electrons. The number of rotatable bonds is 4. The summed E-state index contributed by atoms with van der Waals surface area (Å²) in [6, 6.07) is 7.48. The van der Waals surface area contributed by atoms with E-state index in [1.165, 1.54) is 0 Å². The second-order valence-corrected chi connectivity index (χ2v) is 6.64. The van der Waals surface area contributed by atoms with E-state index in [9.17, 15) is 14.7 Å². The highest BCUT2D eigenvalue weighted by Crippen LogP contribution is 2.29. The van der Waals surface area contributed by atoms with Crippen LogP contribution in [0.1, 0.15) is 40.4 Å². The van der Waals surface area contributed by atoms with Crippen molar-refractivity contribution in [2.45, 2.75) is 39.2 Å². The van der Waals surface area contributed by atoms with Crippen LogP contribution in [0.2, 0.25) is 0 Å². The Labute approximate surface area is 147 Å². The minimum atomic E-state index is -0.885. The lowest BCUT2D eigenvalue weighted by Crippen LogP contribution is -2.40. The Hall–Kier alpha value is -2.63. The molecule has 2 aromatic rings. The summed E-state index contributed by atoms with van der Waals surface area (Å²) in [6.45, 7) is 4.65. The zero-order chi connectivity index (χ0) is 18.1. The molecule has 2 heterocycles. The van der Waals surface area contributed by atoms with Gasteiger partial charge in [0.15, 0.2) is 0 Å². The first kappa shape index (κ1) is 17.2. The van der Waals surface area contributed by atoms with Crippen molar-refractivity contribution in [3.8, 4) is 0 Å². The van der Waals surface area contributed by atoms with Gasteiger partial charge in [-0.25, -0.2) is 0 Å². The van der Waals surface area contributed by atoms with E-state index in [4.69, 9.17) is 0 Å². The van der Waals surface area contributed by atoms with Gasteiger partial charge in [-0.1, -0.05) is 24.3 Å². The third kappa shape index (κ3) is 3.29. The van der Waals surface area contributed by atoms with Gasteiger partial charge in [-0.15, -0.1) is 0 Å². The molecular formula is C19H23N3O3. The fourth-order valence-corrected chi connectivity index (χ4v) is 3.58. The van der Waals surface area contributed by atoms with Crippen LogP contribution in [-0.2, 0) is 29.6 Å². The summed E-state index contributed by atoms with van der Waals surface area (Å²) < 4.78 is 1.83. The summed E-state index contributed by atoms with van der Waals surface area (Å²) in [6.07, 6.45) is 0.988. The SMILES string of the molecule is Cc1nn(C)c(C)c1CCC(=O)N1Cc2ccccc2C(C(=O)O)C1. The number of benzene rings is 1. The second-order valence-electron chi connectivity index (χ2n) is 6.64. The molecule has 6 nitrogen and oxygen atoms in total. The standard InChI is InChI=1S/C19H23N3O3/c1-12-15(13(2)21(3)20-12)8-9-18(23)22-10-14-6-4-5-7-16(14)17(11-22)19(24)25/h4-7,17H,8-11H2,1-3H3,(H,24,25). The highest BCUT2D eigenvalue weighted by Gasteiger charge is 2.32. The van der Waals surface area contributed by atoms with E-state index in [1.54, 1.807) is 4.90 Å². The number of nitrogens with zero attached hydrogens (tertiary/aromatic N) is 3. The van der Waals surface area contributed by atoms with Gasteiger partial charge in [0.2, 0.25) is 5.91 Å². The number of carbonyl (C=O) groups excluding carboxylic acids is 1. The molecule has 1 N–H and O–H groups in total. The zero-order valence-corrected chi connectivity index (χ0v) is 14.8. The number of hydrogen-bond donors (Lipinski definition) is 1. The Balaban J connectivity index is 1.74. The molecule has 6 heteroatoms. The third-order valence-electron chi connectivity index (χ3n) is 5.09. The minimum absolute atomic E-state index is 0.0107. The van der Waals surface area contributed by atoms with Crippen LogP contribution in [-0.4, -0.2) is 38.2 Å². The molecular weight excluding hydrogens is 318 g/mol. The second kappa shape index (κ2) is 6.70. The maximum atomic E-state index is 12.7. The van der Waals surface area contributed by atoms with Gasteiger partial charge >= 0.3 is 5.97 Å². The molecule has 1 aromatic carbocycles. The normalized spacial score (nSPS) is 16.6. The Kier molecular flexibility index (Phi) is 4.61. The highest BCUT2D eigenvalue weighted by molar-refractivity contribution is 5.81. The number of carboxylic acid groups (broad SMARTS) is 1. The molecule has 132 valence electrons. The van der Waals surface area contributed by atoms with Crippen molar-refractivity contribution in [2.75, 3.05) is 6.54 Å². The Bertz CT molecular complexity index is 825. The summed E-state index contributed by atoms with van der Waals surface area (Å²) >= 11 is 0. The number of fused-ring (bicyclic) bond motifs is 1. The van der Waals surface area contributed by atoms with Crippen LogP contribution >= 0.6 is 0 Å². The number of hydrogen-bond acceptors (Lipinski definition) is 3. The van der Waals surface area contributed by atoms with Crippen molar-refractivity contribution >= 4 is 11.9 Å². The van der Waals surface area contributed by atoms with Gasteiger partial charge in [0.1, 0.15) is 0 Å². The molecule has 1 atom stereocenters. The van der Waals surface area contributed by atoms with Gasteiger partial charge in [0.25, 0.3) is 0 Å². The van der Waals surface area contributed by atoms with Gasteiger partial charge in [-0.05, 0) is 37.0 Å². The van der Waals surface area contributed by atoms with Crippen molar-refractivity contribution in [2.24, 2.45) is 7.05 Å². The van der Waals surface area contributed by atoms with E-state index in [-0.39, 0.29) is 12.5 Å². The van der Waals surface area contributed by atoms with Crippen molar-refractivity contribution in [3.63, 3.8) is 0 Å². The van der Waals surface area contributed by atoms with Crippen LogP contribution in [0.4, 0.5) is 0 Å². The van der Waals surface area contributed by atoms with Crippen LogP contribution in [0.15, 0.2) is 24.3 Å². The summed E-state index contributed by atoms with van der Waals surface area (Å²) in [5.41, 5.74) is 4.85. The maximum Gasteiger partial charge on any atom is 0.312 e. The molecule has 0 aliphatic carbocycles. The molecule has 1 aliphatic heterocycles. The number of carbonyl (C=O) groups is 2. The van der Waals surface area contributed by atoms with E-state index in [2.05, 4.69) is 5.10 Å². The van der Waals surface area contributed by atoms with Crippen molar-refractivity contribution in [3.05, 3.63) is 52.3 Å². The lowest BCUT2D eigenvalue weighted by atomic mass is 9.89. The number of aliphatic carboxylic acids is 1. The summed E-state index contributed by atoms with van der Waals surface area (Å²) in [5, 5.41) is 13.9. The maximum absolute atomic E-state index is 12.7. The number of aryl methyl sites for hydroxylation is 2. The lowest BCUT2D eigenvalue weighted by Gasteiger charge is -2.33. The van der Waals surface area contributed by atoms with Gasteiger partial charge in [0.05, 0.1) is 11.6 Å². The average molecular weight is 341 g/mol. The van der Waals surface area contributed by atoms with Crippen LogP contribution < -0.4 is 0 Å². The first-order chi connectivity index (χ1) is 11.9. The van der Waals surface area contributed by atoms with Gasteiger partial charge in [0, 0.05) is 32.3 Å². The summed E-state index contributed by atoms with van der Waals surface area (Å²) in [4.78, 5) is 26.0. The molecule has 0 saturated carbocycles. The van der Waals surface area contributed by atoms with Gasteiger partial charge in [-0.2, -0.15) is 5.10 Å². The van der Waals surface area contributed by atoms with Crippen molar-refractivity contribution in [1.82, 2.24) is 14.7 Å². The summed E-state index contributed by atoms with van der Waals surface area (Å²) in [5.74, 6) is -1.55. The zero-order valence-electron chi connectivity index (χ0n) is 14.8. The molecule has 1 aliphatic rings. The van der Waals surface area contributed by atoms with Crippen molar-refractivity contribution in [1.29, 1.82) is 0 Å². The average Bonchev–Trinajstić information content (AvgIpc) is 2.83. The molecule has 1 unspecified atom stereocenters. The topological polar surface area (TPSA) is 75.4 Å². The molecule has 0 bridgehead atoms. The molecule has 1 amide bonds. The van der Waals surface area contributed by atoms with Crippen LogP contribution in [0.25, 0.3) is 0 Å². The smallest absolute Gasteiger partial charge is 0.312 e. The third-order valence-corrected chi connectivity index (χ3v) is 5.09. The summed E-state index contributed by atoms with van der Waals surface area (Å²) in [7, 11) is 1.90. The van der Waals surface area contributed by atoms with E-state index in [1.807, 2.05) is 49.8 Å². The number of amides is 1. The van der Waals surface area contributed by atoms with Gasteiger partial charge < -0.3 is 10.0 Å². The largest absolute Gasteiger partial charge is 0.481 e. The van der Waals surface area contributed by atoms with E-state index in [0.717, 1.165) is 28.1 Å². The molecule has 0 spiro atoms. The minimum Gasteiger partial charge on any atom is -0.481 e.